The van der Waals surface area contributed by atoms with Crippen LogP contribution < -0.4 is 11.0 Å². The van der Waals surface area contributed by atoms with E-state index < -0.39 is 23.0 Å². The summed E-state index contributed by atoms with van der Waals surface area (Å²) in [7, 11) is 0. The number of nitrogens with one attached hydrogen (secondary N) is 1. The molecule has 1 aliphatic carbocycles. The van der Waals surface area contributed by atoms with Crippen molar-refractivity contribution in [1.82, 2.24) is 4.68 Å². The van der Waals surface area contributed by atoms with Gasteiger partial charge in [0.25, 0.3) is 11.2 Å². The van der Waals surface area contributed by atoms with Crippen molar-refractivity contribution < 1.29 is 13.2 Å². The summed E-state index contributed by atoms with van der Waals surface area (Å²) in [4.78, 5) is 16.0. The maximum Gasteiger partial charge on any atom is 0.407 e. The van der Waals surface area contributed by atoms with E-state index in [0.717, 1.165) is 35.7 Å². The molecule has 2 aromatic heterocycles. The normalized spacial score (nSPS) is 14.7. The lowest BCUT2D eigenvalue weighted by molar-refractivity contribution is -0.136. The summed E-state index contributed by atoms with van der Waals surface area (Å²) in [6, 6.07) is 4.21. The zero-order valence-electron chi connectivity index (χ0n) is 13.1. The van der Waals surface area contributed by atoms with Gasteiger partial charge in [0.05, 0.1) is 22.7 Å². The average molecular weight is 365 g/mol. The van der Waals surface area contributed by atoms with Gasteiger partial charge in [0.1, 0.15) is 0 Å². The third-order valence-corrected chi connectivity index (χ3v) is 4.81. The zero-order chi connectivity index (χ0) is 18.0. The third kappa shape index (κ3) is 3.46. The van der Waals surface area contributed by atoms with Gasteiger partial charge in [0.15, 0.2) is 0 Å². The van der Waals surface area contributed by atoms with Gasteiger partial charge in [0, 0.05) is 5.70 Å². The number of aromatic nitrogens is 1. The molecular formula is C17H14F3N3OS. The van der Waals surface area contributed by atoms with Gasteiger partial charge in [-0.3, -0.25) is 10.2 Å². The van der Waals surface area contributed by atoms with Crippen molar-refractivity contribution in [3.05, 3.63) is 62.7 Å². The molecule has 2 heterocycles. The molecule has 2 aromatic rings. The second-order valence-corrected chi connectivity index (χ2v) is 6.55. The number of allylic oxidation sites excluding steroid dienone is 2. The number of rotatable bonds is 3. The van der Waals surface area contributed by atoms with Gasteiger partial charge in [-0.05, 0) is 43.2 Å². The summed E-state index contributed by atoms with van der Waals surface area (Å²) in [6.07, 6.45) is 0.709. The van der Waals surface area contributed by atoms with Gasteiger partial charge in [0.2, 0.25) is 0 Å². The van der Waals surface area contributed by atoms with E-state index in [0.29, 0.717) is 11.3 Å². The first-order chi connectivity index (χ1) is 11.9. The van der Waals surface area contributed by atoms with Crippen LogP contribution in [0.3, 0.4) is 0 Å². The predicted molar refractivity (Wildman–Crippen MR) is 91.2 cm³/mol. The lowest BCUT2D eigenvalue weighted by atomic mass is 10.1. The molecule has 0 saturated heterocycles. The lowest BCUT2D eigenvalue weighted by Gasteiger charge is -2.21. The number of thiophene rings is 1. The molecule has 0 aliphatic heterocycles. The summed E-state index contributed by atoms with van der Waals surface area (Å²) >= 11 is 1.23. The second kappa shape index (κ2) is 6.76. The Morgan fingerprint density at radius 1 is 1.32 bits per heavy atom. The quantitative estimate of drug-likeness (QED) is 0.764. The van der Waals surface area contributed by atoms with Crippen LogP contribution in [0.2, 0.25) is 0 Å². The minimum absolute atomic E-state index is 0.103. The van der Waals surface area contributed by atoms with E-state index in [4.69, 9.17) is 6.57 Å². The van der Waals surface area contributed by atoms with Gasteiger partial charge in [-0.15, -0.1) is 11.3 Å². The molecule has 1 aliphatic rings. The molecule has 0 radical (unpaired) electrons. The van der Waals surface area contributed by atoms with E-state index in [1.165, 1.54) is 11.3 Å². The first-order valence-electron chi connectivity index (χ1n) is 7.66. The van der Waals surface area contributed by atoms with E-state index in [-0.39, 0.29) is 5.69 Å². The summed E-state index contributed by atoms with van der Waals surface area (Å²) < 4.78 is 41.0. The molecule has 0 aromatic carbocycles. The van der Waals surface area contributed by atoms with Crippen molar-refractivity contribution in [2.45, 2.75) is 31.9 Å². The highest BCUT2D eigenvalue weighted by atomic mass is 32.1. The molecule has 1 N–H and O–H groups in total. The Labute approximate surface area is 146 Å². The molecule has 0 spiro atoms. The molecule has 8 heteroatoms. The maximum atomic E-state index is 13.3. The smallest absolute Gasteiger partial charge is 0.297 e. The van der Waals surface area contributed by atoms with Crippen molar-refractivity contribution in [2.24, 2.45) is 0 Å². The third-order valence-electron chi connectivity index (χ3n) is 3.92. The van der Waals surface area contributed by atoms with Gasteiger partial charge in [-0.2, -0.15) is 13.2 Å². The highest BCUT2D eigenvalue weighted by Gasteiger charge is 2.36. The van der Waals surface area contributed by atoms with Crippen molar-refractivity contribution >= 4 is 17.0 Å². The molecule has 0 unspecified atom stereocenters. The number of alkyl halides is 3. The molecular weight excluding hydrogens is 351 g/mol. The van der Waals surface area contributed by atoms with Crippen molar-refractivity contribution in [1.29, 1.82) is 0 Å². The standard InChI is InChI=1S/C17H14F3N3OS/c1-21-15-12(17(18,19)20)10-13(14-8-5-9-25-14)23(16(15)24)22-11-6-3-2-4-7-11/h5-6,8-10,22H,2-4,7H2. The number of hydrogen-bond donors (Lipinski definition) is 1. The Morgan fingerprint density at radius 2 is 2.12 bits per heavy atom. The van der Waals surface area contributed by atoms with Crippen molar-refractivity contribution in [2.75, 3.05) is 5.43 Å². The Morgan fingerprint density at radius 3 is 2.68 bits per heavy atom. The van der Waals surface area contributed by atoms with Gasteiger partial charge in [-0.25, -0.2) is 9.52 Å². The zero-order valence-corrected chi connectivity index (χ0v) is 13.9. The number of pyridine rings is 1. The van der Waals surface area contributed by atoms with Crippen molar-refractivity contribution in [3.8, 4) is 10.6 Å². The van der Waals surface area contributed by atoms with Crippen LogP contribution in [0, 0.1) is 6.57 Å². The maximum absolute atomic E-state index is 13.3. The average Bonchev–Trinajstić information content (AvgIpc) is 3.10. The van der Waals surface area contributed by atoms with Gasteiger partial charge < -0.3 is 0 Å². The molecule has 0 amide bonds. The monoisotopic (exact) mass is 365 g/mol. The molecule has 25 heavy (non-hydrogen) atoms. The minimum Gasteiger partial charge on any atom is -0.297 e. The fraction of sp³-hybridized carbons (Fsp3) is 0.294. The number of nitrogens with zero attached hydrogens (tertiary/aromatic N) is 2. The highest BCUT2D eigenvalue weighted by Crippen LogP contribution is 2.37. The predicted octanol–water partition coefficient (Wildman–Crippen LogP) is 5.15. The van der Waals surface area contributed by atoms with E-state index in [1.54, 1.807) is 17.5 Å². The topological polar surface area (TPSA) is 38.4 Å². The van der Waals surface area contributed by atoms with Gasteiger partial charge >= 0.3 is 6.18 Å². The summed E-state index contributed by atoms with van der Waals surface area (Å²) in [5.41, 5.74) is 0.695. The van der Waals surface area contributed by atoms with Gasteiger partial charge in [-0.1, -0.05) is 12.1 Å². The van der Waals surface area contributed by atoms with E-state index in [1.807, 2.05) is 6.08 Å². The van der Waals surface area contributed by atoms with Crippen LogP contribution >= 0.6 is 11.3 Å². The molecule has 0 bridgehead atoms. The largest absolute Gasteiger partial charge is 0.407 e. The first kappa shape index (κ1) is 17.3. The van der Waals surface area contributed by atoms with Crippen LogP contribution in [0.5, 0.6) is 0 Å². The number of hydrogen-bond acceptors (Lipinski definition) is 3. The van der Waals surface area contributed by atoms with E-state index in [9.17, 15) is 18.0 Å². The molecule has 0 fully saturated rings. The Bertz CT molecular complexity index is 905. The highest BCUT2D eigenvalue weighted by molar-refractivity contribution is 7.13. The minimum atomic E-state index is -4.77. The molecule has 130 valence electrons. The lowest BCUT2D eigenvalue weighted by Crippen LogP contribution is -2.31. The van der Waals surface area contributed by atoms with Crippen LogP contribution in [0.4, 0.5) is 18.9 Å². The van der Waals surface area contributed by atoms with Crippen LogP contribution in [-0.2, 0) is 6.18 Å². The molecule has 0 saturated carbocycles. The van der Waals surface area contributed by atoms with E-state index in [2.05, 4.69) is 10.3 Å². The fourth-order valence-electron chi connectivity index (χ4n) is 2.72. The summed E-state index contributed by atoms with van der Waals surface area (Å²) in [5, 5.41) is 1.72. The molecule has 0 atom stereocenters. The van der Waals surface area contributed by atoms with Crippen LogP contribution in [0.25, 0.3) is 15.4 Å². The SMILES string of the molecule is [C-]#[N+]c1c(C(F)(F)F)cc(-c2cccs2)n(NC2=CCCCC2)c1=O. The Kier molecular flexibility index (Phi) is 4.68. The van der Waals surface area contributed by atoms with Crippen LogP contribution in [-0.4, -0.2) is 4.68 Å². The number of halogens is 3. The summed E-state index contributed by atoms with van der Waals surface area (Å²) in [6.45, 7) is 7.04. The van der Waals surface area contributed by atoms with E-state index >= 15 is 0 Å². The Hall–Kier alpha value is -2.53. The molecule has 4 nitrogen and oxygen atoms in total. The fourth-order valence-corrected chi connectivity index (χ4v) is 3.46. The summed E-state index contributed by atoms with van der Waals surface area (Å²) in [5.74, 6) is 0. The van der Waals surface area contributed by atoms with Crippen molar-refractivity contribution in [3.63, 3.8) is 0 Å². The first-order valence-corrected chi connectivity index (χ1v) is 8.54. The Balaban J connectivity index is 2.23. The molecule has 3 rings (SSSR count). The second-order valence-electron chi connectivity index (χ2n) is 5.61. The van der Waals surface area contributed by atoms with Crippen LogP contribution in [0.1, 0.15) is 31.2 Å². The van der Waals surface area contributed by atoms with Crippen LogP contribution in [0.15, 0.2) is 40.1 Å².